The van der Waals surface area contributed by atoms with E-state index in [-0.39, 0.29) is 0 Å². The van der Waals surface area contributed by atoms with E-state index in [2.05, 4.69) is 49.3 Å². The first-order valence-electron chi connectivity index (χ1n) is 7.86. The molecule has 0 bridgehead atoms. The highest BCUT2D eigenvalue weighted by atomic mass is 32.1. The molecule has 2 aromatic rings. The highest BCUT2D eigenvalue weighted by molar-refractivity contribution is 7.15. The van der Waals surface area contributed by atoms with E-state index in [1.807, 2.05) is 6.07 Å². The zero-order valence-electron chi connectivity index (χ0n) is 13.5. The second-order valence-corrected chi connectivity index (χ2v) is 7.19. The molecule has 120 valence electrons. The molecule has 1 aliphatic carbocycles. The summed E-state index contributed by atoms with van der Waals surface area (Å²) in [5.74, 6) is -0.830. The standard InChI is InChI=1S/C19H21NO2S/c1-20(2)11-5-8-16-15-7-4-3-6-13(15)9-10-14-12-17(19(21)22)23-18(14)16/h3-4,6-8,12H,5,9-11H2,1-2H3,(H,21,22)/b16-8+. The Labute approximate surface area is 140 Å². The third-order valence-electron chi connectivity index (χ3n) is 4.16. The van der Waals surface area contributed by atoms with Gasteiger partial charge < -0.3 is 10.0 Å². The molecule has 3 rings (SSSR count). The summed E-state index contributed by atoms with van der Waals surface area (Å²) < 4.78 is 0. The summed E-state index contributed by atoms with van der Waals surface area (Å²) in [5.41, 5.74) is 4.97. The van der Waals surface area contributed by atoms with Crippen LogP contribution in [0.15, 0.2) is 36.4 Å². The van der Waals surface area contributed by atoms with Crippen LogP contribution in [0.3, 0.4) is 0 Å². The summed E-state index contributed by atoms with van der Waals surface area (Å²) in [7, 11) is 4.14. The monoisotopic (exact) mass is 327 g/mol. The van der Waals surface area contributed by atoms with Crippen LogP contribution in [0.1, 0.15) is 37.7 Å². The van der Waals surface area contributed by atoms with Gasteiger partial charge in [-0.1, -0.05) is 30.3 Å². The van der Waals surface area contributed by atoms with E-state index in [9.17, 15) is 9.90 Å². The number of thiophene rings is 1. The summed E-state index contributed by atoms with van der Waals surface area (Å²) in [6.07, 6.45) is 5.09. The second kappa shape index (κ2) is 6.69. The lowest BCUT2D eigenvalue weighted by atomic mass is 9.98. The molecule has 0 fully saturated rings. The maximum atomic E-state index is 11.3. The van der Waals surface area contributed by atoms with Gasteiger partial charge in [0.1, 0.15) is 4.88 Å². The van der Waals surface area contributed by atoms with Gasteiger partial charge in [-0.15, -0.1) is 11.3 Å². The van der Waals surface area contributed by atoms with Crippen molar-refractivity contribution in [3.8, 4) is 0 Å². The van der Waals surface area contributed by atoms with Crippen LogP contribution in [0.25, 0.3) is 5.57 Å². The van der Waals surface area contributed by atoms with Crippen LogP contribution >= 0.6 is 11.3 Å². The summed E-state index contributed by atoms with van der Waals surface area (Å²) in [4.78, 5) is 15.1. The fourth-order valence-electron chi connectivity index (χ4n) is 3.01. The van der Waals surface area contributed by atoms with Crippen LogP contribution in [-0.2, 0) is 12.8 Å². The number of aromatic carboxylic acids is 1. The molecule has 0 spiro atoms. The molecule has 1 aromatic heterocycles. The van der Waals surface area contributed by atoms with Crippen LogP contribution in [-0.4, -0.2) is 36.6 Å². The van der Waals surface area contributed by atoms with Gasteiger partial charge in [0.25, 0.3) is 0 Å². The van der Waals surface area contributed by atoms with Crippen LogP contribution in [0.2, 0.25) is 0 Å². The maximum Gasteiger partial charge on any atom is 0.345 e. The van der Waals surface area contributed by atoms with Crippen LogP contribution in [0.4, 0.5) is 0 Å². The van der Waals surface area contributed by atoms with Crippen LogP contribution < -0.4 is 0 Å². The van der Waals surface area contributed by atoms with Gasteiger partial charge in [0.2, 0.25) is 0 Å². The molecule has 3 nitrogen and oxygen atoms in total. The predicted octanol–water partition coefficient (Wildman–Crippen LogP) is 3.93. The Bertz CT molecular complexity index is 758. The van der Waals surface area contributed by atoms with Gasteiger partial charge in [-0.05, 0) is 61.7 Å². The molecular formula is C19H21NO2S. The first-order chi connectivity index (χ1) is 11.1. The minimum absolute atomic E-state index is 0.438. The smallest absolute Gasteiger partial charge is 0.345 e. The van der Waals surface area contributed by atoms with E-state index in [1.54, 1.807) is 0 Å². The van der Waals surface area contributed by atoms with Gasteiger partial charge >= 0.3 is 5.97 Å². The summed E-state index contributed by atoms with van der Waals surface area (Å²) in [6.45, 7) is 0.984. The molecule has 0 aliphatic heterocycles. The van der Waals surface area contributed by atoms with E-state index >= 15 is 0 Å². The van der Waals surface area contributed by atoms with Crippen molar-refractivity contribution in [2.75, 3.05) is 20.6 Å². The number of hydrogen-bond donors (Lipinski definition) is 1. The molecule has 1 aliphatic rings. The van der Waals surface area contributed by atoms with Crippen molar-refractivity contribution in [2.45, 2.75) is 19.3 Å². The predicted molar refractivity (Wildman–Crippen MR) is 95.4 cm³/mol. The number of carboxylic acid groups (broad SMARTS) is 1. The Kier molecular flexibility index (Phi) is 4.64. The molecule has 0 atom stereocenters. The number of fused-ring (bicyclic) bond motifs is 2. The minimum atomic E-state index is -0.830. The minimum Gasteiger partial charge on any atom is -0.477 e. The zero-order valence-corrected chi connectivity index (χ0v) is 14.3. The van der Waals surface area contributed by atoms with Crippen LogP contribution in [0.5, 0.6) is 0 Å². The Morgan fingerprint density at radius 2 is 2.00 bits per heavy atom. The lowest BCUT2D eigenvalue weighted by Gasteiger charge is -2.11. The molecule has 0 radical (unpaired) electrons. The number of carbonyl (C=O) groups is 1. The molecule has 0 unspecified atom stereocenters. The summed E-state index contributed by atoms with van der Waals surface area (Å²) in [6, 6.07) is 10.3. The topological polar surface area (TPSA) is 40.5 Å². The van der Waals surface area contributed by atoms with E-state index < -0.39 is 5.97 Å². The first-order valence-corrected chi connectivity index (χ1v) is 8.67. The second-order valence-electron chi connectivity index (χ2n) is 6.14. The first kappa shape index (κ1) is 16.0. The molecule has 4 heteroatoms. The Morgan fingerprint density at radius 3 is 2.74 bits per heavy atom. The van der Waals surface area contributed by atoms with Gasteiger partial charge in [-0.25, -0.2) is 4.79 Å². The Hall–Kier alpha value is -1.91. The Balaban J connectivity index is 2.08. The third kappa shape index (κ3) is 3.38. The molecule has 0 amide bonds. The van der Waals surface area contributed by atoms with Crippen molar-refractivity contribution in [2.24, 2.45) is 0 Å². The lowest BCUT2D eigenvalue weighted by molar-refractivity contribution is 0.0702. The number of benzene rings is 1. The number of nitrogens with zero attached hydrogens (tertiary/aromatic N) is 1. The lowest BCUT2D eigenvalue weighted by Crippen LogP contribution is -2.12. The van der Waals surface area contributed by atoms with Crippen molar-refractivity contribution in [3.63, 3.8) is 0 Å². The third-order valence-corrected chi connectivity index (χ3v) is 5.36. The van der Waals surface area contributed by atoms with Gasteiger partial charge in [0, 0.05) is 11.4 Å². The molecular weight excluding hydrogens is 306 g/mol. The van der Waals surface area contributed by atoms with Crippen molar-refractivity contribution in [1.82, 2.24) is 4.90 Å². The fraction of sp³-hybridized carbons (Fsp3) is 0.316. The number of carboxylic acids is 1. The summed E-state index contributed by atoms with van der Waals surface area (Å²) >= 11 is 1.41. The highest BCUT2D eigenvalue weighted by Crippen LogP contribution is 2.38. The van der Waals surface area contributed by atoms with E-state index in [1.165, 1.54) is 33.6 Å². The molecule has 1 aromatic carbocycles. The average molecular weight is 327 g/mol. The zero-order chi connectivity index (χ0) is 16.4. The van der Waals surface area contributed by atoms with Crippen molar-refractivity contribution >= 4 is 22.9 Å². The number of hydrogen-bond acceptors (Lipinski definition) is 3. The average Bonchev–Trinajstić information content (AvgIpc) is 2.88. The van der Waals surface area contributed by atoms with E-state index in [4.69, 9.17) is 0 Å². The van der Waals surface area contributed by atoms with E-state index in [0.29, 0.717) is 4.88 Å². The van der Waals surface area contributed by atoms with Gasteiger partial charge in [-0.3, -0.25) is 0 Å². The molecule has 23 heavy (non-hydrogen) atoms. The largest absolute Gasteiger partial charge is 0.477 e. The molecule has 0 saturated carbocycles. The number of aryl methyl sites for hydroxylation is 2. The van der Waals surface area contributed by atoms with E-state index in [0.717, 1.165) is 30.7 Å². The Morgan fingerprint density at radius 1 is 1.26 bits per heavy atom. The van der Waals surface area contributed by atoms with Crippen molar-refractivity contribution in [1.29, 1.82) is 0 Å². The fourth-order valence-corrected chi connectivity index (χ4v) is 4.11. The highest BCUT2D eigenvalue weighted by Gasteiger charge is 2.22. The normalized spacial score (nSPS) is 15.3. The van der Waals surface area contributed by atoms with Gasteiger partial charge in [0.15, 0.2) is 0 Å². The summed E-state index contributed by atoms with van der Waals surface area (Å²) in [5, 5.41) is 9.32. The van der Waals surface area contributed by atoms with Crippen molar-refractivity contribution in [3.05, 3.63) is 62.9 Å². The maximum absolute atomic E-state index is 11.3. The quantitative estimate of drug-likeness (QED) is 0.925. The number of rotatable bonds is 4. The van der Waals surface area contributed by atoms with Crippen molar-refractivity contribution < 1.29 is 9.90 Å². The van der Waals surface area contributed by atoms with Crippen LogP contribution in [0, 0.1) is 0 Å². The van der Waals surface area contributed by atoms with Gasteiger partial charge in [0.05, 0.1) is 0 Å². The molecule has 0 saturated heterocycles. The SMILES string of the molecule is CN(C)CC/C=C1\c2ccccc2CCc2cc(C(=O)O)sc21. The molecule has 1 N–H and O–H groups in total. The molecule has 1 heterocycles. The van der Waals surface area contributed by atoms with Gasteiger partial charge in [-0.2, -0.15) is 0 Å².